The summed E-state index contributed by atoms with van der Waals surface area (Å²) in [5.41, 5.74) is 0.966. The predicted octanol–water partition coefficient (Wildman–Crippen LogP) is 3.86. The summed E-state index contributed by atoms with van der Waals surface area (Å²) < 4.78 is 0.915. The lowest BCUT2D eigenvalue weighted by atomic mass is 9.90. The van der Waals surface area contributed by atoms with Crippen molar-refractivity contribution in [3.05, 3.63) is 34.6 Å². The number of carbonyl (C=O) groups is 1. The van der Waals surface area contributed by atoms with Crippen LogP contribution in [0, 0.1) is 5.41 Å². The van der Waals surface area contributed by atoms with Crippen molar-refractivity contribution in [2.45, 2.75) is 27.2 Å². The third kappa shape index (κ3) is 5.21. The molecule has 0 bridgehead atoms. The molecular formula is C13H16BrNO. The van der Waals surface area contributed by atoms with Gasteiger partial charge in [-0.2, -0.15) is 0 Å². The van der Waals surface area contributed by atoms with E-state index in [2.05, 4.69) is 41.7 Å². The number of ketones is 1. The molecular weight excluding hydrogens is 266 g/mol. The summed E-state index contributed by atoms with van der Waals surface area (Å²) in [6, 6.07) is 1.92. The second-order valence-corrected chi connectivity index (χ2v) is 5.89. The van der Waals surface area contributed by atoms with E-state index in [4.69, 9.17) is 0 Å². The van der Waals surface area contributed by atoms with Gasteiger partial charge in [-0.15, -0.1) is 0 Å². The lowest BCUT2D eigenvalue weighted by Crippen LogP contribution is -2.10. The molecule has 1 aromatic rings. The topological polar surface area (TPSA) is 30.0 Å². The van der Waals surface area contributed by atoms with Crippen LogP contribution in [-0.2, 0) is 4.79 Å². The van der Waals surface area contributed by atoms with E-state index in [0.29, 0.717) is 6.42 Å². The lowest BCUT2D eigenvalue weighted by molar-refractivity contribution is -0.116. The van der Waals surface area contributed by atoms with E-state index in [0.717, 1.165) is 10.0 Å². The van der Waals surface area contributed by atoms with Crippen molar-refractivity contribution in [3.8, 4) is 0 Å². The number of hydrogen-bond donors (Lipinski definition) is 0. The molecule has 0 saturated heterocycles. The molecule has 1 rings (SSSR count). The molecule has 2 nitrogen and oxygen atoms in total. The molecule has 16 heavy (non-hydrogen) atoms. The van der Waals surface area contributed by atoms with Crippen LogP contribution in [0.3, 0.4) is 0 Å². The highest BCUT2D eigenvalue weighted by atomic mass is 79.9. The quantitative estimate of drug-likeness (QED) is 0.788. The Bertz CT molecular complexity index is 405. The van der Waals surface area contributed by atoms with E-state index >= 15 is 0 Å². The number of halogens is 1. The zero-order valence-corrected chi connectivity index (χ0v) is 11.4. The first kappa shape index (κ1) is 13.1. The van der Waals surface area contributed by atoms with Crippen LogP contribution >= 0.6 is 15.9 Å². The first-order valence-electron chi connectivity index (χ1n) is 5.18. The van der Waals surface area contributed by atoms with Crippen molar-refractivity contribution in [2.75, 3.05) is 0 Å². The normalized spacial score (nSPS) is 12.0. The Hall–Kier alpha value is -0.960. The van der Waals surface area contributed by atoms with Gasteiger partial charge in [0.25, 0.3) is 0 Å². The summed E-state index contributed by atoms with van der Waals surface area (Å²) in [6.45, 7) is 6.16. The van der Waals surface area contributed by atoms with Crippen molar-refractivity contribution >= 4 is 27.8 Å². The first-order chi connectivity index (χ1) is 7.37. The summed E-state index contributed by atoms with van der Waals surface area (Å²) in [4.78, 5) is 15.6. The summed E-state index contributed by atoms with van der Waals surface area (Å²) in [5, 5.41) is 0. The molecule has 1 heterocycles. The fourth-order valence-electron chi connectivity index (χ4n) is 1.29. The summed E-state index contributed by atoms with van der Waals surface area (Å²) in [7, 11) is 0. The van der Waals surface area contributed by atoms with Gasteiger partial charge >= 0.3 is 0 Å². The Morgan fingerprint density at radius 1 is 1.44 bits per heavy atom. The van der Waals surface area contributed by atoms with Gasteiger partial charge in [0, 0.05) is 23.3 Å². The molecule has 0 spiro atoms. The molecule has 0 fully saturated rings. The second-order valence-electron chi connectivity index (χ2n) is 4.97. The third-order valence-corrected chi connectivity index (χ3v) is 2.33. The minimum absolute atomic E-state index is 0.0386. The van der Waals surface area contributed by atoms with Crippen molar-refractivity contribution in [2.24, 2.45) is 5.41 Å². The Balaban J connectivity index is 2.64. The molecule has 3 heteroatoms. The molecule has 0 saturated carbocycles. The Labute approximate surface area is 105 Å². The molecule has 0 N–H and O–H groups in total. The number of hydrogen-bond acceptors (Lipinski definition) is 2. The van der Waals surface area contributed by atoms with Gasteiger partial charge in [0.05, 0.1) is 0 Å². The Kier molecular flexibility index (Phi) is 4.42. The lowest BCUT2D eigenvalue weighted by Gasteiger charge is -2.14. The molecule has 0 atom stereocenters. The molecule has 0 radical (unpaired) electrons. The average Bonchev–Trinajstić information content (AvgIpc) is 2.12. The van der Waals surface area contributed by atoms with Crippen LogP contribution in [0.5, 0.6) is 0 Å². The van der Waals surface area contributed by atoms with Crippen molar-refractivity contribution < 1.29 is 4.79 Å². The first-order valence-corrected chi connectivity index (χ1v) is 5.97. The molecule has 0 aliphatic rings. The average molecular weight is 282 g/mol. The highest BCUT2D eigenvalue weighted by Gasteiger charge is 2.13. The van der Waals surface area contributed by atoms with Crippen molar-refractivity contribution in [1.82, 2.24) is 4.98 Å². The summed E-state index contributed by atoms with van der Waals surface area (Å²) in [6.07, 6.45) is 7.42. The standard InChI is InChI=1S/C13H16BrNO/c1-13(2,3)7-12(16)5-4-10-6-11(14)9-15-8-10/h4-6,8-9H,7H2,1-3H3/b5-4+. The number of carbonyl (C=O) groups excluding carboxylic acids is 1. The predicted molar refractivity (Wildman–Crippen MR) is 70.1 cm³/mol. The van der Waals surface area contributed by atoms with Gasteiger partial charge in [0.15, 0.2) is 5.78 Å². The minimum Gasteiger partial charge on any atom is -0.295 e. The fourth-order valence-corrected chi connectivity index (χ4v) is 1.67. The molecule has 86 valence electrons. The van der Waals surface area contributed by atoms with Crippen LogP contribution in [0.1, 0.15) is 32.8 Å². The van der Waals surface area contributed by atoms with Crippen LogP contribution in [0.25, 0.3) is 6.08 Å². The maximum Gasteiger partial charge on any atom is 0.156 e. The van der Waals surface area contributed by atoms with E-state index in [1.807, 2.05) is 6.07 Å². The van der Waals surface area contributed by atoms with E-state index in [1.165, 1.54) is 0 Å². The van der Waals surface area contributed by atoms with E-state index in [-0.39, 0.29) is 11.2 Å². The zero-order valence-electron chi connectivity index (χ0n) is 9.83. The summed E-state index contributed by atoms with van der Waals surface area (Å²) >= 11 is 3.34. The number of allylic oxidation sites excluding steroid dienone is 1. The van der Waals surface area contributed by atoms with Gasteiger partial charge < -0.3 is 0 Å². The van der Waals surface area contributed by atoms with Crippen molar-refractivity contribution in [3.63, 3.8) is 0 Å². The number of aromatic nitrogens is 1. The van der Waals surface area contributed by atoms with Crippen LogP contribution in [0.15, 0.2) is 29.0 Å². The van der Waals surface area contributed by atoms with Gasteiger partial charge in [-0.3, -0.25) is 9.78 Å². The summed E-state index contributed by atoms with van der Waals surface area (Å²) in [5.74, 6) is 0.146. The van der Waals surface area contributed by atoms with Crippen LogP contribution in [0.2, 0.25) is 0 Å². The monoisotopic (exact) mass is 281 g/mol. The molecule has 0 amide bonds. The number of rotatable bonds is 3. The van der Waals surface area contributed by atoms with Gasteiger partial charge in [-0.25, -0.2) is 0 Å². The molecule has 0 unspecified atom stereocenters. The zero-order chi connectivity index (χ0) is 12.2. The second kappa shape index (κ2) is 5.39. The van der Waals surface area contributed by atoms with Gasteiger partial charge in [-0.05, 0) is 45.1 Å². The number of pyridine rings is 1. The van der Waals surface area contributed by atoms with Crippen LogP contribution < -0.4 is 0 Å². The maximum absolute atomic E-state index is 11.6. The molecule has 1 aromatic heterocycles. The van der Waals surface area contributed by atoms with Crippen LogP contribution in [0.4, 0.5) is 0 Å². The number of nitrogens with zero attached hydrogens (tertiary/aromatic N) is 1. The maximum atomic E-state index is 11.6. The van der Waals surface area contributed by atoms with Crippen LogP contribution in [-0.4, -0.2) is 10.8 Å². The fraction of sp³-hybridized carbons (Fsp3) is 0.385. The van der Waals surface area contributed by atoms with E-state index < -0.39 is 0 Å². The van der Waals surface area contributed by atoms with Crippen molar-refractivity contribution in [1.29, 1.82) is 0 Å². The smallest absolute Gasteiger partial charge is 0.156 e. The van der Waals surface area contributed by atoms with Gasteiger partial charge in [0.2, 0.25) is 0 Å². The molecule has 0 aromatic carbocycles. The van der Waals surface area contributed by atoms with E-state index in [1.54, 1.807) is 24.5 Å². The van der Waals surface area contributed by atoms with Gasteiger partial charge in [0.1, 0.15) is 0 Å². The SMILES string of the molecule is CC(C)(C)CC(=O)/C=C/c1cncc(Br)c1. The highest BCUT2D eigenvalue weighted by Crippen LogP contribution is 2.19. The highest BCUT2D eigenvalue weighted by molar-refractivity contribution is 9.10. The Morgan fingerprint density at radius 3 is 2.69 bits per heavy atom. The third-order valence-electron chi connectivity index (χ3n) is 1.89. The molecule has 0 aliphatic heterocycles. The van der Waals surface area contributed by atoms with Gasteiger partial charge in [-0.1, -0.05) is 20.8 Å². The van der Waals surface area contributed by atoms with E-state index in [9.17, 15) is 4.79 Å². The Morgan fingerprint density at radius 2 is 2.12 bits per heavy atom. The molecule has 0 aliphatic carbocycles. The largest absolute Gasteiger partial charge is 0.295 e. The minimum atomic E-state index is 0.0386.